The van der Waals surface area contributed by atoms with Crippen molar-refractivity contribution >= 4 is 0 Å². The molecular weight excluding hydrogens is 244 g/mol. The Morgan fingerprint density at radius 1 is 1.30 bits per heavy atom. The van der Waals surface area contributed by atoms with Gasteiger partial charge < -0.3 is 5.32 Å². The van der Waals surface area contributed by atoms with Gasteiger partial charge in [0.05, 0.1) is 0 Å². The summed E-state index contributed by atoms with van der Waals surface area (Å²) in [4.78, 5) is 2.76. The monoisotopic (exact) mass is 276 g/mol. The van der Waals surface area contributed by atoms with Crippen molar-refractivity contribution < 1.29 is 0 Å². The minimum atomic E-state index is 0.381. The second kappa shape index (κ2) is 6.96. The van der Waals surface area contributed by atoms with Gasteiger partial charge in [-0.05, 0) is 25.2 Å². The first-order chi connectivity index (χ1) is 9.62. The number of hydrogen-bond acceptors (Lipinski definition) is 2. The summed E-state index contributed by atoms with van der Waals surface area (Å²) in [7, 11) is 0. The molecule has 0 amide bonds. The Morgan fingerprint density at radius 3 is 2.55 bits per heavy atom. The van der Waals surface area contributed by atoms with Crippen molar-refractivity contribution in [2.75, 3.05) is 13.1 Å². The van der Waals surface area contributed by atoms with Crippen LogP contribution >= 0.6 is 0 Å². The van der Waals surface area contributed by atoms with E-state index in [4.69, 9.17) is 6.42 Å². The zero-order valence-corrected chi connectivity index (χ0v) is 13.6. The van der Waals surface area contributed by atoms with Gasteiger partial charge in [-0.25, -0.2) is 0 Å². The fourth-order valence-corrected chi connectivity index (χ4v) is 4.18. The quantitative estimate of drug-likeness (QED) is 0.792. The molecule has 2 fully saturated rings. The molecule has 2 rings (SSSR count). The molecule has 2 unspecified atom stereocenters. The van der Waals surface area contributed by atoms with Gasteiger partial charge in [0.2, 0.25) is 0 Å². The Morgan fingerprint density at radius 2 is 2.00 bits per heavy atom. The Kier molecular flexibility index (Phi) is 5.52. The van der Waals surface area contributed by atoms with Crippen molar-refractivity contribution in [1.82, 2.24) is 10.2 Å². The molecule has 2 heteroatoms. The molecule has 2 nitrogen and oxygen atoms in total. The highest BCUT2D eigenvalue weighted by Crippen LogP contribution is 2.34. The predicted molar refractivity (Wildman–Crippen MR) is 86.7 cm³/mol. The zero-order valence-electron chi connectivity index (χ0n) is 13.6. The van der Waals surface area contributed by atoms with E-state index in [-0.39, 0.29) is 0 Å². The molecule has 1 aliphatic heterocycles. The summed E-state index contributed by atoms with van der Waals surface area (Å²) < 4.78 is 0. The molecule has 2 aliphatic rings. The maximum atomic E-state index is 5.61. The summed E-state index contributed by atoms with van der Waals surface area (Å²) in [6, 6.07) is 1.20. The molecular formula is C18H32N2. The van der Waals surface area contributed by atoms with Crippen LogP contribution in [0.15, 0.2) is 0 Å². The number of nitrogens with zero attached hydrogens (tertiary/aromatic N) is 1. The van der Waals surface area contributed by atoms with Crippen LogP contribution in [0.4, 0.5) is 0 Å². The van der Waals surface area contributed by atoms with Gasteiger partial charge >= 0.3 is 0 Å². The number of nitrogens with one attached hydrogen (secondary N) is 1. The van der Waals surface area contributed by atoms with E-state index in [0.29, 0.717) is 23.5 Å². The molecule has 1 N–H and O–H groups in total. The van der Waals surface area contributed by atoms with E-state index < -0.39 is 0 Å². The lowest BCUT2D eigenvalue weighted by atomic mass is 9.78. The van der Waals surface area contributed by atoms with Crippen LogP contribution in [-0.2, 0) is 0 Å². The maximum Gasteiger partial charge on any atom is 0.0309 e. The second-order valence-electron chi connectivity index (χ2n) is 7.18. The third kappa shape index (κ3) is 3.38. The third-order valence-electron chi connectivity index (χ3n) is 5.47. The van der Waals surface area contributed by atoms with Crippen LogP contribution < -0.4 is 5.32 Å². The highest BCUT2D eigenvalue weighted by Gasteiger charge is 2.42. The predicted octanol–water partition coefficient (Wildman–Crippen LogP) is 3.42. The van der Waals surface area contributed by atoms with E-state index in [2.05, 4.69) is 36.9 Å². The van der Waals surface area contributed by atoms with Crippen molar-refractivity contribution in [2.24, 2.45) is 5.92 Å². The molecule has 0 radical (unpaired) electrons. The molecule has 0 aromatic rings. The van der Waals surface area contributed by atoms with Crippen LogP contribution in [0.1, 0.15) is 65.7 Å². The Balaban J connectivity index is 2.14. The topological polar surface area (TPSA) is 15.3 Å². The van der Waals surface area contributed by atoms with Crippen molar-refractivity contribution in [3.05, 3.63) is 0 Å². The standard InChI is InChI=1S/C18H32N2/c1-5-10-16(6-2)20-14-18(11-8-7-9-12-18)19-13-17(20)15(3)4/h1,15-17,19H,6-14H2,2-4H3. The molecule has 1 aliphatic carbocycles. The Bertz CT molecular complexity index is 336. The summed E-state index contributed by atoms with van der Waals surface area (Å²) >= 11 is 0. The first-order valence-electron chi connectivity index (χ1n) is 8.56. The van der Waals surface area contributed by atoms with Crippen molar-refractivity contribution in [3.8, 4) is 12.3 Å². The number of piperazine rings is 1. The van der Waals surface area contributed by atoms with Crippen LogP contribution in [0, 0.1) is 18.3 Å². The number of rotatable bonds is 4. The van der Waals surface area contributed by atoms with Gasteiger partial charge in [-0.2, -0.15) is 0 Å². The van der Waals surface area contributed by atoms with Crippen LogP contribution in [0.3, 0.4) is 0 Å². The van der Waals surface area contributed by atoms with Crippen LogP contribution in [0.5, 0.6) is 0 Å². The highest BCUT2D eigenvalue weighted by molar-refractivity contribution is 5.03. The third-order valence-corrected chi connectivity index (χ3v) is 5.47. The van der Waals surface area contributed by atoms with Gasteiger partial charge in [0.15, 0.2) is 0 Å². The van der Waals surface area contributed by atoms with Gasteiger partial charge in [-0.15, -0.1) is 12.3 Å². The molecule has 114 valence electrons. The average molecular weight is 276 g/mol. The van der Waals surface area contributed by atoms with E-state index in [0.717, 1.165) is 13.0 Å². The molecule has 1 saturated carbocycles. The van der Waals surface area contributed by atoms with Crippen LogP contribution in [-0.4, -0.2) is 35.6 Å². The number of hydrogen-bond donors (Lipinski definition) is 1. The smallest absolute Gasteiger partial charge is 0.0309 e. The molecule has 0 bridgehead atoms. The summed E-state index contributed by atoms with van der Waals surface area (Å²) in [5.41, 5.74) is 0.381. The molecule has 0 aromatic carbocycles. The van der Waals surface area contributed by atoms with Crippen LogP contribution in [0.25, 0.3) is 0 Å². The SMILES string of the molecule is C#CCC(CC)N1CC2(CCCCC2)NCC1C(C)C. The van der Waals surface area contributed by atoms with Gasteiger partial charge in [-0.1, -0.05) is 40.0 Å². The van der Waals surface area contributed by atoms with E-state index >= 15 is 0 Å². The molecule has 1 saturated heterocycles. The summed E-state index contributed by atoms with van der Waals surface area (Å²) in [6.07, 6.45) is 14.6. The van der Waals surface area contributed by atoms with Crippen molar-refractivity contribution in [2.45, 2.75) is 83.3 Å². The molecule has 20 heavy (non-hydrogen) atoms. The van der Waals surface area contributed by atoms with E-state index in [1.165, 1.54) is 45.1 Å². The first kappa shape index (κ1) is 15.9. The van der Waals surface area contributed by atoms with E-state index in [1.807, 2.05) is 0 Å². The van der Waals surface area contributed by atoms with Crippen LogP contribution in [0.2, 0.25) is 0 Å². The van der Waals surface area contributed by atoms with E-state index in [1.54, 1.807) is 0 Å². The summed E-state index contributed by atoms with van der Waals surface area (Å²) in [5.74, 6) is 3.59. The van der Waals surface area contributed by atoms with E-state index in [9.17, 15) is 0 Å². The minimum Gasteiger partial charge on any atom is -0.308 e. The second-order valence-corrected chi connectivity index (χ2v) is 7.18. The fraction of sp³-hybridized carbons (Fsp3) is 0.889. The lowest BCUT2D eigenvalue weighted by molar-refractivity contribution is 0.00613. The first-order valence-corrected chi connectivity index (χ1v) is 8.56. The largest absolute Gasteiger partial charge is 0.308 e. The summed E-state index contributed by atoms with van der Waals surface area (Å²) in [6.45, 7) is 9.32. The lowest BCUT2D eigenvalue weighted by Gasteiger charge is -2.53. The number of terminal acetylenes is 1. The lowest BCUT2D eigenvalue weighted by Crippen LogP contribution is -2.67. The van der Waals surface area contributed by atoms with Gasteiger partial charge in [0, 0.05) is 37.1 Å². The summed E-state index contributed by atoms with van der Waals surface area (Å²) in [5, 5.41) is 3.92. The fourth-order valence-electron chi connectivity index (χ4n) is 4.18. The normalized spacial score (nSPS) is 28.4. The van der Waals surface area contributed by atoms with Gasteiger partial charge in [-0.3, -0.25) is 4.90 Å². The molecule has 0 aromatic heterocycles. The molecule has 2 atom stereocenters. The molecule has 1 heterocycles. The average Bonchev–Trinajstić information content (AvgIpc) is 2.45. The molecule has 1 spiro atoms. The Hall–Kier alpha value is -0.520. The Labute approximate surface area is 125 Å². The van der Waals surface area contributed by atoms with Gasteiger partial charge in [0.1, 0.15) is 0 Å². The maximum absolute atomic E-state index is 5.61. The van der Waals surface area contributed by atoms with Crippen molar-refractivity contribution in [3.63, 3.8) is 0 Å². The van der Waals surface area contributed by atoms with Crippen molar-refractivity contribution in [1.29, 1.82) is 0 Å². The zero-order chi connectivity index (χ0) is 14.6. The van der Waals surface area contributed by atoms with Gasteiger partial charge in [0.25, 0.3) is 0 Å². The minimum absolute atomic E-state index is 0.381. The highest BCUT2D eigenvalue weighted by atomic mass is 15.3.